The Morgan fingerprint density at radius 2 is 1.75 bits per heavy atom. The SMILES string of the molecule is CN(C)c1ccc(NC(=O)c2ccc(N3CCNC3=O)cc2)cc1. The number of hydrogen-bond acceptors (Lipinski definition) is 3. The fraction of sp³-hybridized carbons (Fsp3) is 0.222. The Morgan fingerprint density at radius 1 is 1.08 bits per heavy atom. The molecule has 3 rings (SSSR count). The summed E-state index contributed by atoms with van der Waals surface area (Å²) in [6, 6.07) is 14.6. The zero-order valence-corrected chi connectivity index (χ0v) is 13.7. The van der Waals surface area contributed by atoms with Crippen LogP contribution in [0.1, 0.15) is 10.4 Å². The summed E-state index contributed by atoms with van der Waals surface area (Å²) in [6.45, 7) is 1.28. The van der Waals surface area contributed by atoms with E-state index in [0.717, 1.165) is 17.1 Å². The van der Waals surface area contributed by atoms with Crippen LogP contribution in [0.5, 0.6) is 0 Å². The van der Waals surface area contributed by atoms with E-state index in [1.807, 2.05) is 43.3 Å². The van der Waals surface area contributed by atoms with Gasteiger partial charge in [-0.2, -0.15) is 0 Å². The van der Waals surface area contributed by atoms with E-state index in [1.54, 1.807) is 29.2 Å². The van der Waals surface area contributed by atoms with E-state index in [2.05, 4.69) is 10.6 Å². The van der Waals surface area contributed by atoms with E-state index in [-0.39, 0.29) is 11.9 Å². The van der Waals surface area contributed by atoms with Crippen molar-refractivity contribution in [1.82, 2.24) is 5.32 Å². The van der Waals surface area contributed by atoms with E-state index in [4.69, 9.17) is 0 Å². The Bertz CT molecular complexity index is 739. The van der Waals surface area contributed by atoms with E-state index < -0.39 is 0 Å². The monoisotopic (exact) mass is 324 g/mol. The lowest BCUT2D eigenvalue weighted by molar-refractivity contribution is 0.102. The summed E-state index contributed by atoms with van der Waals surface area (Å²) < 4.78 is 0. The van der Waals surface area contributed by atoms with Gasteiger partial charge in [0.1, 0.15) is 0 Å². The number of anilines is 3. The van der Waals surface area contributed by atoms with Crippen LogP contribution < -0.4 is 20.4 Å². The first-order valence-corrected chi connectivity index (χ1v) is 7.79. The van der Waals surface area contributed by atoms with Gasteiger partial charge >= 0.3 is 6.03 Å². The first-order valence-electron chi connectivity index (χ1n) is 7.79. The predicted octanol–water partition coefficient (Wildman–Crippen LogP) is 2.53. The van der Waals surface area contributed by atoms with Gasteiger partial charge in [-0.15, -0.1) is 0 Å². The second kappa shape index (κ2) is 6.62. The van der Waals surface area contributed by atoms with Gasteiger partial charge in [0.25, 0.3) is 5.91 Å². The quantitative estimate of drug-likeness (QED) is 0.908. The highest BCUT2D eigenvalue weighted by molar-refractivity contribution is 6.04. The highest BCUT2D eigenvalue weighted by Gasteiger charge is 2.21. The van der Waals surface area contributed by atoms with Crippen LogP contribution in [0.4, 0.5) is 21.9 Å². The maximum Gasteiger partial charge on any atom is 0.321 e. The second-order valence-corrected chi connectivity index (χ2v) is 5.83. The van der Waals surface area contributed by atoms with Crippen LogP contribution in [-0.2, 0) is 0 Å². The fourth-order valence-electron chi connectivity index (χ4n) is 2.56. The number of carbonyl (C=O) groups excluding carboxylic acids is 2. The first kappa shape index (κ1) is 15.9. The third-order valence-electron chi connectivity index (χ3n) is 3.94. The molecule has 0 saturated carbocycles. The summed E-state index contributed by atoms with van der Waals surface area (Å²) in [7, 11) is 3.94. The third-order valence-corrected chi connectivity index (χ3v) is 3.94. The molecule has 0 aliphatic carbocycles. The van der Waals surface area contributed by atoms with Crippen molar-refractivity contribution in [3.05, 3.63) is 54.1 Å². The van der Waals surface area contributed by atoms with Crippen molar-refractivity contribution in [3.63, 3.8) is 0 Å². The highest BCUT2D eigenvalue weighted by atomic mass is 16.2. The van der Waals surface area contributed by atoms with Crippen molar-refractivity contribution < 1.29 is 9.59 Å². The summed E-state index contributed by atoms with van der Waals surface area (Å²) in [4.78, 5) is 27.6. The molecule has 1 aliphatic rings. The van der Waals surface area contributed by atoms with Gasteiger partial charge in [-0.1, -0.05) is 0 Å². The lowest BCUT2D eigenvalue weighted by atomic mass is 10.1. The molecular weight excluding hydrogens is 304 g/mol. The van der Waals surface area contributed by atoms with Crippen LogP contribution in [0.25, 0.3) is 0 Å². The molecule has 1 fully saturated rings. The van der Waals surface area contributed by atoms with Crippen molar-refractivity contribution in [1.29, 1.82) is 0 Å². The van der Waals surface area contributed by atoms with E-state index in [9.17, 15) is 9.59 Å². The number of nitrogens with zero attached hydrogens (tertiary/aromatic N) is 2. The lowest BCUT2D eigenvalue weighted by Crippen LogP contribution is -2.27. The summed E-state index contributed by atoms with van der Waals surface area (Å²) >= 11 is 0. The van der Waals surface area contributed by atoms with Gasteiger partial charge in [0.05, 0.1) is 0 Å². The van der Waals surface area contributed by atoms with E-state index in [0.29, 0.717) is 18.7 Å². The van der Waals surface area contributed by atoms with Crippen molar-refractivity contribution in [3.8, 4) is 0 Å². The van der Waals surface area contributed by atoms with Crippen molar-refractivity contribution in [2.75, 3.05) is 42.3 Å². The maximum absolute atomic E-state index is 12.3. The molecule has 0 atom stereocenters. The minimum atomic E-state index is -0.176. The fourth-order valence-corrected chi connectivity index (χ4v) is 2.56. The average molecular weight is 324 g/mol. The van der Waals surface area contributed by atoms with Crippen molar-refractivity contribution >= 4 is 29.0 Å². The third kappa shape index (κ3) is 3.32. The normalized spacial score (nSPS) is 13.6. The molecular formula is C18H20N4O2. The van der Waals surface area contributed by atoms with Gasteiger partial charge in [0, 0.05) is 49.8 Å². The van der Waals surface area contributed by atoms with Crippen LogP contribution >= 0.6 is 0 Å². The molecule has 6 nitrogen and oxygen atoms in total. The average Bonchev–Trinajstić information content (AvgIpc) is 3.01. The molecule has 0 aromatic heterocycles. The number of benzene rings is 2. The summed E-state index contributed by atoms with van der Waals surface area (Å²) in [5, 5.41) is 5.63. The van der Waals surface area contributed by atoms with Crippen molar-refractivity contribution in [2.45, 2.75) is 0 Å². The Kier molecular flexibility index (Phi) is 4.37. The Morgan fingerprint density at radius 3 is 2.29 bits per heavy atom. The number of amides is 3. The molecule has 3 amide bonds. The van der Waals surface area contributed by atoms with Crippen LogP contribution in [0.2, 0.25) is 0 Å². The van der Waals surface area contributed by atoms with Gasteiger partial charge in [0.2, 0.25) is 0 Å². The highest BCUT2D eigenvalue weighted by Crippen LogP contribution is 2.19. The van der Waals surface area contributed by atoms with Gasteiger partial charge in [-0.25, -0.2) is 4.79 Å². The van der Waals surface area contributed by atoms with Crippen molar-refractivity contribution in [2.24, 2.45) is 0 Å². The molecule has 1 aliphatic heterocycles. The molecule has 1 saturated heterocycles. The van der Waals surface area contributed by atoms with E-state index >= 15 is 0 Å². The van der Waals surface area contributed by atoms with Gasteiger partial charge < -0.3 is 15.5 Å². The number of carbonyl (C=O) groups is 2. The summed E-state index contributed by atoms with van der Waals surface area (Å²) in [5.74, 6) is -0.176. The predicted molar refractivity (Wildman–Crippen MR) is 95.9 cm³/mol. The zero-order chi connectivity index (χ0) is 17.1. The minimum Gasteiger partial charge on any atom is -0.378 e. The molecule has 0 unspecified atom stereocenters. The molecule has 2 aromatic carbocycles. The molecule has 1 heterocycles. The zero-order valence-electron chi connectivity index (χ0n) is 13.7. The van der Waals surface area contributed by atoms with Crippen LogP contribution in [-0.4, -0.2) is 39.1 Å². The lowest BCUT2D eigenvalue weighted by Gasteiger charge is -2.15. The molecule has 0 bridgehead atoms. The molecule has 24 heavy (non-hydrogen) atoms. The van der Waals surface area contributed by atoms with Crippen LogP contribution in [0.3, 0.4) is 0 Å². The molecule has 6 heteroatoms. The van der Waals surface area contributed by atoms with Crippen LogP contribution in [0, 0.1) is 0 Å². The van der Waals surface area contributed by atoms with Gasteiger partial charge in [-0.05, 0) is 48.5 Å². The number of hydrogen-bond donors (Lipinski definition) is 2. The largest absolute Gasteiger partial charge is 0.378 e. The number of rotatable bonds is 4. The molecule has 2 aromatic rings. The second-order valence-electron chi connectivity index (χ2n) is 5.83. The smallest absolute Gasteiger partial charge is 0.321 e. The summed E-state index contributed by atoms with van der Waals surface area (Å²) in [5.41, 5.74) is 3.15. The molecule has 124 valence electrons. The Labute approximate surface area is 141 Å². The van der Waals surface area contributed by atoms with Gasteiger partial charge in [-0.3, -0.25) is 9.69 Å². The van der Waals surface area contributed by atoms with E-state index in [1.165, 1.54) is 0 Å². The number of urea groups is 1. The molecule has 2 N–H and O–H groups in total. The van der Waals surface area contributed by atoms with Gasteiger partial charge in [0.15, 0.2) is 0 Å². The standard InChI is InChI=1S/C18H20N4O2/c1-21(2)15-9-5-14(6-10-15)20-17(23)13-3-7-16(8-4-13)22-12-11-19-18(22)24/h3-10H,11-12H2,1-2H3,(H,19,24)(H,20,23). The maximum atomic E-state index is 12.3. The Hall–Kier alpha value is -3.02. The van der Waals surface area contributed by atoms with Crippen LogP contribution in [0.15, 0.2) is 48.5 Å². The molecule has 0 radical (unpaired) electrons. The number of nitrogens with one attached hydrogen (secondary N) is 2. The Balaban J connectivity index is 1.67. The summed E-state index contributed by atoms with van der Waals surface area (Å²) in [6.07, 6.45) is 0. The molecule has 0 spiro atoms. The first-order chi connectivity index (χ1) is 11.5. The topological polar surface area (TPSA) is 64.7 Å². The minimum absolute atomic E-state index is 0.104.